The van der Waals surface area contributed by atoms with Gasteiger partial charge >= 0.3 is 0 Å². The Labute approximate surface area is 186 Å². The van der Waals surface area contributed by atoms with Crippen LogP contribution in [0.25, 0.3) is 11.2 Å². The molecule has 3 heterocycles. The van der Waals surface area contributed by atoms with Gasteiger partial charge in [0.05, 0.1) is 25.8 Å². The molecule has 8 atom stereocenters. The van der Waals surface area contributed by atoms with Crippen LogP contribution in [0, 0.1) is 0 Å². The summed E-state index contributed by atoms with van der Waals surface area (Å²) in [7, 11) is 1.39. The molecule has 184 valence electrons. The number of hydrazone groups is 1. The number of nitrogens with zero attached hydrogens (tertiary/aromatic N) is 6. The fourth-order valence-corrected chi connectivity index (χ4v) is 3.21. The molecule has 0 saturated carbocycles. The van der Waals surface area contributed by atoms with Crippen LogP contribution >= 0.6 is 0 Å². The Bertz CT molecular complexity index is 976. The van der Waals surface area contributed by atoms with E-state index in [1.807, 2.05) is 0 Å². The maximum atomic E-state index is 10.3. The summed E-state index contributed by atoms with van der Waals surface area (Å²) in [6.07, 6.45) is -9.76. The average Bonchev–Trinajstić information content (AvgIpc) is 3.36. The van der Waals surface area contributed by atoms with E-state index in [9.17, 15) is 35.7 Å². The SMILES string of the molecule is CN(/N=C/[C@@H](O)[C@H](O)[C@@H](O)[C@@H](O)CO)c1nc(N)c2ncn([C@@H]3O[C@H](CO)[C@@H](O)[C@H]3O)c2n1. The van der Waals surface area contributed by atoms with Gasteiger partial charge in [-0.1, -0.05) is 0 Å². The molecule has 2 aromatic rings. The number of rotatable bonds is 9. The van der Waals surface area contributed by atoms with Gasteiger partial charge in [-0.15, -0.1) is 0 Å². The van der Waals surface area contributed by atoms with Gasteiger partial charge in [-0.2, -0.15) is 15.1 Å². The summed E-state index contributed by atoms with van der Waals surface area (Å²) in [6.45, 7) is -1.34. The quantitative estimate of drug-likeness (QED) is 0.122. The lowest BCUT2D eigenvalue weighted by Crippen LogP contribution is -2.46. The molecule has 1 aliphatic heterocycles. The van der Waals surface area contributed by atoms with Crippen molar-refractivity contribution < 1.29 is 45.6 Å². The number of aliphatic hydroxyl groups is 8. The molecule has 1 aliphatic rings. The van der Waals surface area contributed by atoms with E-state index in [4.69, 9.17) is 15.6 Å². The van der Waals surface area contributed by atoms with Gasteiger partial charge in [0.1, 0.15) is 48.2 Å². The van der Waals surface area contributed by atoms with Crippen molar-refractivity contribution in [3.05, 3.63) is 6.33 Å². The molecule has 16 nitrogen and oxygen atoms in total. The summed E-state index contributed by atoms with van der Waals surface area (Å²) in [5.74, 6) is -0.132. The molecule has 16 heteroatoms. The zero-order valence-corrected chi connectivity index (χ0v) is 17.4. The van der Waals surface area contributed by atoms with E-state index >= 15 is 0 Å². The van der Waals surface area contributed by atoms with Crippen molar-refractivity contribution in [2.45, 2.75) is 49.0 Å². The normalized spacial score (nSPS) is 27.2. The van der Waals surface area contributed by atoms with E-state index in [2.05, 4.69) is 20.1 Å². The van der Waals surface area contributed by atoms with Crippen molar-refractivity contribution in [1.82, 2.24) is 19.5 Å². The van der Waals surface area contributed by atoms with E-state index in [-0.39, 0.29) is 22.9 Å². The van der Waals surface area contributed by atoms with Gasteiger partial charge in [0.15, 0.2) is 17.7 Å². The molecule has 33 heavy (non-hydrogen) atoms. The first kappa shape index (κ1) is 25.1. The van der Waals surface area contributed by atoms with Crippen LogP contribution in [0.1, 0.15) is 6.23 Å². The number of hydrogen-bond acceptors (Lipinski definition) is 15. The number of hydrogen-bond donors (Lipinski definition) is 9. The zero-order chi connectivity index (χ0) is 24.4. The number of nitrogens with two attached hydrogens (primary N) is 1. The molecule has 0 bridgehead atoms. The Morgan fingerprint density at radius 2 is 1.88 bits per heavy atom. The van der Waals surface area contributed by atoms with Crippen molar-refractivity contribution in [3.8, 4) is 0 Å². The van der Waals surface area contributed by atoms with Crippen LogP contribution in [0.5, 0.6) is 0 Å². The molecule has 0 spiro atoms. The number of fused-ring (bicyclic) bond motifs is 1. The molecule has 0 aromatic carbocycles. The highest BCUT2D eigenvalue weighted by molar-refractivity contribution is 5.83. The zero-order valence-electron chi connectivity index (χ0n) is 17.4. The van der Waals surface area contributed by atoms with Gasteiger partial charge in [-0.3, -0.25) is 4.57 Å². The average molecular weight is 473 g/mol. The lowest BCUT2D eigenvalue weighted by molar-refractivity contribution is -0.0999. The second kappa shape index (κ2) is 10.2. The maximum Gasteiger partial charge on any atom is 0.250 e. The molecular weight excluding hydrogens is 446 g/mol. The van der Waals surface area contributed by atoms with Crippen molar-refractivity contribution >= 4 is 29.1 Å². The van der Waals surface area contributed by atoms with E-state index in [1.54, 1.807) is 0 Å². The molecule has 0 amide bonds. The van der Waals surface area contributed by atoms with Crippen molar-refractivity contribution in [2.75, 3.05) is 31.0 Å². The van der Waals surface area contributed by atoms with Crippen LogP contribution in [-0.4, -0.2) is 130 Å². The summed E-state index contributed by atoms with van der Waals surface area (Å²) in [5.41, 5.74) is 6.24. The van der Waals surface area contributed by atoms with E-state index in [0.29, 0.717) is 0 Å². The van der Waals surface area contributed by atoms with Gasteiger partial charge in [-0.25, -0.2) is 9.99 Å². The van der Waals surface area contributed by atoms with E-state index in [1.165, 1.54) is 17.9 Å². The lowest BCUT2D eigenvalue weighted by atomic mass is 10.0. The second-order valence-corrected chi connectivity index (χ2v) is 7.47. The Morgan fingerprint density at radius 3 is 2.48 bits per heavy atom. The third kappa shape index (κ3) is 4.88. The minimum absolute atomic E-state index is 0.0513. The van der Waals surface area contributed by atoms with Crippen LogP contribution in [0.3, 0.4) is 0 Å². The van der Waals surface area contributed by atoms with Gasteiger partial charge < -0.3 is 51.3 Å². The number of aromatic nitrogens is 4. The van der Waals surface area contributed by atoms with Crippen LogP contribution in [0.4, 0.5) is 11.8 Å². The van der Waals surface area contributed by atoms with Crippen molar-refractivity contribution in [1.29, 1.82) is 0 Å². The first-order valence-electron chi connectivity index (χ1n) is 9.84. The monoisotopic (exact) mass is 473 g/mol. The predicted molar refractivity (Wildman–Crippen MR) is 111 cm³/mol. The highest BCUT2D eigenvalue weighted by atomic mass is 16.6. The van der Waals surface area contributed by atoms with Gasteiger partial charge in [0, 0.05) is 7.05 Å². The fraction of sp³-hybridized carbons (Fsp3) is 0.647. The van der Waals surface area contributed by atoms with Gasteiger partial charge in [-0.05, 0) is 0 Å². The minimum atomic E-state index is -1.84. The smallest absolute Gasteiger partial charge is 0.250 e. The summed E-state index contributed by atoms with van der Waals surface area (Å²) in [6, 6.07) is 0. The number of ether oxygens (including phenoxy) is 1. The minimum Gasteiger partial charge on any atom is -0.394 e. The Morgan fingerprint density at radius 1 is 1.18 bits per heavy atom. The maximum absolute atomic E-state index is 10.3. The summed E-state index contributed by atoms with van der Waals surface area (Å²) in [4.78, 5) is 12.4. The second-order valence-electron chi connectivity index (χ2n) is 7.47. The molecule has 3 rings (SSSR count). The standard InChI is InChI=1S/C17H27N7O9/c1-23(20-2-6(27)10(29)11(30)7(28)3-25)17-21-14(18)9-15(22-17)24(5-19-9)16-13(32)12(31)8(4-26)33-16/h2,5-8,10-13,16,25-32H,3-4H2,1H3,(H2,18,21,22)/b20-2+/t6-,7+,8-,10+,11+,12-,13-,16-/m1/s1. The third-order valence-electron chi connectivity index (χ3n) is 5.19. The Balaban J connectivity index is 1.84. The number of nitrogen functional groups attached to an aromatic ring is 1. The molecule has 2 aromatic heterocycles. The molecule has 10 N–H and O–H groups in total. The topological polar surface area (TPSA) is 256 Å². The largest absolute Gasteiger partial charge is 0.394 e. The summed E-state index contributed by atoms with van der Waals surface area (Å²) in [5, 5.41) is 82.2. The van der Waals surface area contributed by atoms with Crippen LogP contribution < -0.4 is 10.7 Å². The predicted octanol–water partition coefficient (Wildman–Crippen LogP) is -5.12. The summed E-state index contributed by atoms with van der Waals surface area (Å²) >= 11 is 0. The van der Waals surface area contributed by atoms with Gasteiger partial charge in [0.2, 0.25) is 5.95 Å². The molecule has 1 fully saturated rings. The molecule has 0 aliphatic carbocycles. The van der Waals surface area contributed by atoms with Crippen LogP contribution in [-0.2, 0) is 4.74 Å². The fourth-order valence-electron chi connectivity index (χ4n) is 3.21. The van der Waals surface area contributed by atoms with Crippen LogP contribution in [0.2, 0.25) is 0 Å². The highest BCUT2D eigenvalue weighted by Gasteiger charge is 2.44. The van der Waals surface area contributed by atoms with E-state index < -0.39 is 62.2 Å². The van der Waals surface area contributed by atoms with E-state index in [0.717, 1.165) is 11.2 Å². The molecule has 0 radical (unpaired) electrons. The number of anilines is 2. The Hall–Kier alpha value is -2.54. The molecule has 1 saturated heterocycles. The van der Waals surface area contributed by atoms with Crippen LogP contribution in [0.15, 0.2) is 11.4 Å². The van der Waals surface area contributed by atoms with Gasteiger partial charge in [0.25, 0.3) is 0 Å². The third-order valence-corrected chi connectivity index (χ3v) is 5.19. The number of imidazole rings is 1. The first-order chi connectivity index (χ1) is 15.6. The lowest BCUT2D eigenvalue weighted by Gasteiger charge is -2.23. The van der Waals surface area contributed by atoms with Crippen molar-refractivity contribution in [3.63, 3.8) is 0 Å². The highest BCUT2D eigenvalue weighted by Crippen LogP contribution is 2.32. The molecule has 0 unspecified atom stereocenters. The Kier molecular flexibility index (Phi) is 7.73. The summed E-state index contributed by atoms with van der Waals surface area (Å²) < 4.78 is 6.80. The first-order valence-corrected chi connectivity index (χ1v) is 9.84. The van der Waals surface area contributed by atoms with Crippen molar-refractivity contribution in [2.24, 2.45) is 5.10 Å². The number of aliphatic hydroxyl groups excluding tert-OH is 8. The molecular formula is C17H27N7O9.